The second-order valence-electron chi connectivity index (χ2n) is 3.26. The minimum atomic E-state index is 0.592. The van der Waals surface area contributed by atoms with Crippen molar-refractivity contribution in [3.63, 3.8) is 0 Å². The standard InChI is InChI=1S/C11H13N3O/c1-15-7-8-3-2-4-10-9(8)5-6-11(13-10)14-12/h2-6H,7,12H2,1H3,(H,13,14). The number of rotatable bonds is 3. The maximum absolute atomic E-state index is 5.30. The summed E-state index contributed by atoms with van der Waals surface area (Å²) in [6.07, 6.45) is 0. The van der Waals surface area contributed by atoms with E-state index in [2.05, 4.69) is 10.4 Å². The Morgan fingerprint density at radius 1 is 1.33 bits per heavy atom. The van der Waals surface area contributed by atoms with Crippen molar-refractivity contribution in [1.29, 1.82) is 0 Å². The molecule has 0 aliphatic heterocycles. The molecule has 1 aromatic heterocycles. The Balaban J connectivity index is 2.56. The predicted octanol–water partition coefficient (Wildman–Crippen LogP) is 1.67. The van der Waals surface area contributed by atoms with Crippen molar-refractivity contribution in [2.75, 3.05) is 12.5 Å². The Hall–Kier alpha value is -1.65. The zero-order valence-electron chi connectivity index (χ0n) is 8.53. The first kappa shape index (κ1) is 9.89. The van der Waals surface area contributed by atoms with Crippen LogP contribution in [0.3, 0.4) is 0 Å². The summed E-state index contributed by atoms with van der Waals surface area (Å²) < 4.78 is 5.12. The highest BCUT2D eigenvalue weighted by atomic mass is 16.5. The van der Waals surface area contributed by atoms with Gasteiger partial charge in [-0.1, -0.05) is 12.1 Å². The number of nitrogens with two attached hydrogens (primary N) is 1. The summed E-state index contributed by atoms with van der Waals surface area (Å²) in [5, 5.41) is 1.10. The highest BCUT2D eigenvalue weighted by molar-refractivity contribution is 5.83. The molecule has 0 aliphatic carbocycles. The Labute approximate surface area is 88.0 Å². The molecular weight excluding hydrogens is 190 g/mol. The number of benzene rings is 1. The van der Waals surface area contributed by atoms with E-state index in [0.29, 0.717) is 12.4 Å². The van der Waals surface area contributed by atoms with Crippen molar-refractivity contribution >= 4 is 16.7 Å². The number of hydrogen-bond donors (Lipinski definition) is 2. The third kappa shape index (κ3) is 1.91. The van der Waals surface area contributed by atoms with Gasteiger partial charge < -0.3 is 10.2 Å². The molecule has 1 heterocycles. The van der Waals surface area contributed by atoms with Crippen LogP contribution in [-0.4, -0.2) is 12.1 Å². The molecule has 78 valence electrons. The lowest BCUT2D eigenvalue weighted by Gasteiger charge is -2.06. The molecule has 0 saturated carbocycles. The summed E-state index contributed by atoms with van der Waals surface area (Å²) in [6, 6.07) is 9.79. The minimum Gasteiger partial charge on any atom is -0.380 e. The third-order valence-electron chi connectivity index (χ3n) is 2.27. The maximum atomic E-state index is 5.30. The van der Waals surface area contributed by atoms with Crippen LogP contribution in [0.1, 0.15) is 5.56 Å². The van der Waals surface area contributed by atoms with Gasteiger partial charge >= 0.3 is 0 Å². The fourth-order valence-corrected chi connectivity index (χ4v) is 1.58. The van der Waals surface area contributed by atoms with Crippen LogP contribution >= 0.6 is 0 Å². The van der Waals surface area contributed by atoms with E-state index in [-0.39, 0.29) is 0 Å². The Bertz CT molecular complexity index is 470. The number of nitrogens with zero attached hydrogens (tertiary/aromatic N) is 1. The van der Waals surface area contributed by atoms with Gasteiger partial charge in [-0.2, -0.15) is 0 Å². The molecule has 0 unspecified atom stereocenters. The number of hydrogen-bond acceptors (Lipinski definition) is 4. The molecule has 1 aromatic carbocycles. The number of ether oxygens (including phenoxy) is 1. The van der Waals surface area contributed by atoms with Crippen molar-refractivity contribution in [3.05, 3.63) is 35.9 Å². The molecule has 0 bridgehead atoms. The number of anilines is 1. The third-order valence-corrected chi connectivity index (χ3v) is 2.27. The first-order chi connectivity index (χ1) is 7.35. The average Bonchev–Trinajstić information content (AvgIpc) is 2.29. The molecule has 2 aromatic rings. The van der Waals surface area contributed by atoms with Crippen LogP contribution in [-0.2, 0) is 11.3 Å². The number of aromatic nitrogens is 1. The molecule has 2 rings (SSSR count). The molecule has 4 nitrogen and oxygen atoms in total. The van der Waals surface area contributed by atoms with Gasteiger partial charge in [0.1, 0.15) is 5.82 Å². The topological polar surface area (TPSA) is 60.2 Å². The number of nitrogens with one attached hydrogen (secondary N) is 1. The molecule has 0 atom stereocenters. The largest absolute Gasteiger partial charge is 0.380 e. The van der Waals surface area contributed by atoms with Gasteiger partial charge in [0, 0.05) is 12.5 Å². The van der Waals surface area contributed by atoms with E-state index >= 15 is 0 Å². The molecule has 0 spiro atoms. The van der Waals surface area contributed by atoms with E-state index < -0.39 is 0 Å². The summed E-state index contributed by atoms with van der Waals surface area (Å²) >= 11 is 0. The fourth-order valence-electron chi connectivity index (χ4n) is 1.58. The molecule has 4 heteroatoms. The molecule has 0 fully saturated rings. The van der Waals surface area contributed by atoms with E-state index in [1.807, 2.05) is 30.3 Å². The number of hydrazine groups is 1. The summed E-state index contributed by atoms with van der Waals surface area (Å²) in [5.74, 6) is 5.96. The quantitative estimate of drug-likeness (QED) is 0.588. The van der Waals surface area contributed by atoms with Crippen LogP contribution in [0.2, 0.25) is 0 Å². The van der Waals surface area contributed by atoms with Crippen LogP contribution < -0.4 is 11.3 Å². The summed E-state index contributed by atoms with van der Waals surface area (Å²) in [4.78, 5) is 4.34. The van der Waals surface area contributed by atoms with Crippen molar-refractivity contribution in [2.24, 2.45) is 5.84 Å². The number of nitrogen functional groups attached to an aromatic ring is 1. The fraction of sp³-hybridized carbons (Fsp3) is 0.182. The molecule has 0 aliphatic rings. The van der Waals surface area contributed by atoms with Gasteiger partial charge in [-0.15, -0.1) is 0 Å². The summed E-state index contributed by atoms with van der Waals surface area (Å²) in [6.45, 7) is 0.592. The van der Waals surface area contributed by atoms with Crippen molar-refractivity contribution in [1.82, 2.24) is 4.98 Å². The monoisotopic (exact) mass is 203 g/mol. The van der Waals surface area contributed by atoms with E-state index in [9.17, 15) is 0 Å². The van der Waals surface area contributed by atoms with Gasteiger partial charge in [-0.3, -0.25) is 0 Å². The second kappa shape index (κ2) is 4.25. The van der Waals surface area contributed by atoms with Crippen molar-refractivity contribution in [2.45, 2.75) is 6.61 Å². The first-order valence-corrected chi connectivity index (χ1v) is 4.69. The lowest BCUT2D eigenvalue weighted by atomic mass is 10.1. The molecular formula is C11H13N3O. The summed E-state index contributed by atoms with van der Waals surface area (Å²) in [7, 11) is 1.68. The van der Waals surface area contributed by atoms with E-state index in [4.69, 9.17) is 10.6 Å². The van der Waals surface area contributed by atoms with Crippen LogP contribution in [0.15, 0.2) is 30.3 Å². The molecule has 3 N–H and O–H groups in total. The van der Waals surface area contributed by atoms with Crippen LogP contribution in [0.25, 0.3) is 10.9 Å². The Morgan fingerprint density at radius 3 is 2.93 bits per heavy atom. The van der Waals surface area contributed by atoms with Gasteiger partial charge in [0.15, 0.2) is 0 Å². The zero-order chi connectivity index (χ0) is 10.7. The Kier molecular flexibility index (Phi) is 2.80. The van der Waals surface area contributed by atoms with Crippen LogP contribution in [0.5, 0.6) is 0 Å². The molecule has 0 amide bonds. The maximum Gasteiger partial charge on any atom is 0.140 e. The highest BCUT2D eigenvalue weighted by Gasteiger charge is 2.01. The van der Waals surface area contributed by atoms with Crippen molar-refractivity contribution < 1.29 is 4.74 Å². The van der Waals surface area contributed by atoms with Gasteiger partial charge in [0.2, 0.25) is 0 Å². The van der Waals surface area contributed by atoms with Gasteiger partial charge in [-0.05, 0) is 23.8 Å². The van der Waals surface area contributed by atoms with Crippen LogP contribution in [0, 0.1) is 0 Å². The van der Waals surface area contributed by atoms with Crippen molar-refractivity contribution in [3.8, 4) is 0 Å². The first-order valence-electron chi connectivity index (χ1n) is 4.69. The number of fused-ring (bicyclic) bond motifs is 1. The van der Waals surface area contributed by atoms with Gasteiger partial charge in [0.25, 0.3) is 0 Å². The lowest BCUT2D eigenvalue weighted by molar-refractivity contribution is 0.186. The van der Waals surface area contributed by atoms with E-state index in [0.717, 1.165) is 16.5 Å². The summed E-state index contributed by atoms with van der Waals surface area (Å²) in [5.41, 5.74) is 4.58. The smallest absolute Gasteiger partial charge is 0.140 e. The predicted molar refractivity (Wildman–Crippen MR) is 60.3 cm³/mol. The van der Waals surface area contributed by atoms with Gasteiger partial charge in [-0.25, -0.2) is 10.8 Å². The number of pyridine rings is 1. The van der Waals surface area contributed by atoms with Gasteiger partial charge in [0.05, 0.1) is 12.1 Å². The molecule has 0 radical (unpaired) electrons. The zero-order valence-corrected chi connectivity index (χ0v) is 8.53. The molecule has 15 heavy (non-hydrogen) atoms. The Morgan fingerprint density at radius 2 is 2.20 bits per heavy atom. The van der Waals surface area contributed by atoms with E-state index in [1.54, 1.807) is 7.11 Å². The minimum absolute atomic E-state index is 0.592. The lowest BCUT2D eigenvalue weighted by Crippen LogP contribution is -2.08. The number of methoxy groups -OCH3 is 1. The SMILES string of the molecule is COCc1cccc2nc(NN)ccc12. The molecule has 0 saturated heterocycles. The second-order valence-corrected chi connectivity index (χ2v) is 3.26. The average molecular weight is 203 g/mol. The van der Waals surface area contributed by atoms with E-state index in [1.165, 1.54) is 0 Å². The normalized spacial score (nSPS) is 10.5. The highest BCUT2D eigenvalue weighted by Crippen LogP contribution is 2.19. The van der Waals surface area contributed by atoms with Crippen LogP contribution in [0.4, 0.5) is 5.82 Å².